The molecule has 1 N–H and O–H groups in total. The lowest BCUT2D eigenvalue weighted by atomic mass is 10.0. The second kappa shape index (κ2) is 6.66. The fraction of sp³-hybridized carbons (Fsp3) is 0.400. The molecule has 8 nitrogen and oxygen atoms in total. The molecule has 2 aromatic heterocycles. The van der Waals surface area contributed by atoms with Crippen molar-refractivity contribution < 1.29 is 23.5 Å². The molecule has 0 spiro atoms. The lowest BCUT2D eigenvalue weighted by Gasteiger charge is -2.19. The molecule has 1 saturated heterocycles. The van der Waals surface area contributed by atoms with Gasteiger partial charge >= 0.3 is 0 Å². The van der Waals surface area contributed by atoms with Gasteiger partial charge in [-0.15, -0.1) is 0 Å². The van der Waals surface area contributed by atoms with Gasteiger partial charge in [-0.2, -0.15) is 0 Å². The van der Waals surface area contributed by atoms with E-state index in [1.165, 1.54) is 13.2 Å². The van der Waals surface area contributed by atoms with E-state index in [4.69, 9.17) is 18.7 Å². The van der Waals surface area contributed by atoms with Gasteiger partial charge in [-0.1, -0.05) is 0 Å². The summed E-state index contributed by atoms with van der Waals surface area (Å²) in [6.45, 7) is 0.557. The van der Waals surface area contributed by atoms with Crippen LogP contribution in [0.3, 0.4) is 0 Å². The number of nitrogens with zero attached hydrogens (tertiary/aromatic N) is 2. The highest BCUT2D eigenvalue weighted by molar-refractivity contribution is 5.91. The highest BCUT2D eigenvalue weighted by atomic mass is 16.5. The van der Waals surface area contributed by atoms with Gasteiger partial charge in [0.15, 0.2) is 0 Å². The molecule has 0 aliphatic carbocycles. The maximum atomic E-state index is 12.2. The number of ether oxygens (including phenoxy) is 3. The normalized spacial score (nSPS) is 20.3. The summed E-state index contributed by atoms with van der Waals surface area (Å²) < 4.78 is 20.6. The first kappa shape index (κ1) is 15.3. The van der Waals surface area contributed by atoms with Crippen LogP contribution in [0.15, 0.2) is 28.9 Å². The van der Waals surface area contributed by atoms with Crippen molar-refractivity contribution >= 4 is 5.91 Å². The Bertz CT molecular complexity index is 670. The van der Waals surface area contributed by atoms with Crippen molar-refractivity contribution in [3.63, 3.8) is 0 Å². The third-order valence-electron chi connectivity index (χ3n) is 3.63. The van der Waals surface area contributed by atoms with Gasteiger partial charge in [0, 0.05) is 24.4 Å². The quantitative estimate of drug-likeness (QED) is 0.888. The second-order valence-corrected chi connectivity index (χ2v) is 5.03. The van der Waals surface area contributed by atoms with Gasteiger partial charge in [-0.3, -0.25) is 4.79 Å². The zero-order valence-corrected chi connectivity index (χ0v) is 12.8. The number of pyridine rings is 1. The van der Waals surface area contributed by atoms with Crippen LogP contribution >= 0.6 is 0 Å². The zero-order valence-electron chi connectivity index (χ0n) is 12.8. The highest BCUT2D eigenvalue weighted by Crippen LogP contribution is 2.29. The molecule has 1 fully saturated rings. The monoisotopic (exact) mass is 319 g/mol. The topological polar surface area (TPSA) is 95.7 Å². The van der Waals surface area contributed by atoms with Crippen LogP contribution < -0.4 is 14.8 Å². The minimum atomic E-state index is -0.359. The highest BCUT2D eigenvalue weighted by Gasteiger charge is 2.32. The Morgan fingerprint density at radius 1 is 1.30 bits per heavy atom. The van der Waals surface area contributed by atoms with E-state index in [0.717, 1.165) is 5.56 Å². The molecule has 1 aliphatic heterocycles. The fourth-order valence-electron chi connectivity index (χ4n) is 2.45. The van der Waals surface area contributed by atoms with E-state index in [0.29, 0.717) is 18.9 Å². The van der Waals surface area contributed by atoms with Crippen LogP contribution in [0.4, 0.5) is 0 Å². The Balaban J connectivity index is 1.69. The standard InChI is InChI=1S/C15H17N3O5/c1-20-12-4-3-9(8-16-12)14-10(5-6-22-14)17-15(19)11-7-13(21-2)18-23-11/h3-4,7-8,10,14H,5-6H2,1-2H3,(H,17,19)/t10-,14+/m0/s1. The molecular weight excluding hydrogens is 302 g/mol. The number of carbonyl (C=O) groups excluding carboxylic acids is 1. The average molecular weight is 319 g/mol. The lowest BCUT2D eigenvalue weighted by molar-refractivity contribution is 0.0793. The van der Waals surface area contributed by atoms with Crippen molar-refractivity contribution in [1.29, 1.82) is 0 Å². The van der Waals surface area contributed by atoms with Gasteiger partial charge in [0.25, 0.3) is 11.8 Å². The summed E-state index contributed by atoms with van der Waals surface area (Å²) in [6, 6.07) is 4.90. The van der Waals surface area contributed by atoms with Crippen LogP contribution in [0.1, 0.15) is 28.6 Å². The molecule has 1 amide bonds. The number of aromatic nitrogens is 2. The van der Waals surface area contributed by atoms with E-state index in [2.05, 4.69) is 15.5 Å². The summed E-state index contributed by atoms with van der Waals surface area (Å²) in [5.41, 5.74) is 0.878. The van der Waals surface area contributed by atoms with Crippen molar-refractivity contribution in [3.05, 3.63) is 35.7 Å². The SMILES string of the molecule is COc1ccc([C@H]2OCC[C@@H]2NC(=O)c2cc(OC)no2)cn1. The van der Waals surface area contributed by atoms with Gasteiger partial charge < -0.3 is 24.1 Å². The van der Waals surface area contributed by atoms with E-state index in [9.17, 15) is 4.79 Å². The second-order valence-electron chi connectivity index (χ2n) is 5.03. The molecule has 0 unspecified atom stereocenters. The van der Waals surface area contributed by atoms with Crippen molar-refractivity contribution in [1.82, 2.24) is 15.5 Å². The molecule has 23 heavy (non-hydrogen) atoms. The predicted molar refractivity (Wildman–Crippen MR) is 78.4 cm³/mol. The van der Waals surface area contributed by atoms with Crippen LogP contribution in [-0.4, -0.2) is 42.9 Å². The molecule has 0 saturated carbocycles. The Labute approximate surface area is 132 Å². The average Bonchev–Trinajstić information content (AvgIpc) is 3.24. The van der Waals surface area contributed by atoms with E-state index in [-0.39, 0.29) is 29.7 Å². The summed E-state index contributed by atoms with van der Waals surface area (Å²) in [4.78, 5) is 16.4. The minimum Gasteiger partial charge on any atom is -0.481 e. The van der Waals surface area contributed by atoms with Crippen molar-refractivity contribution in [2.45, 2.75) is 18.6 Å². The number of hydrogen-bond acceptors (Lipinski definition) is 7. The van der Waals surface area contributed by atoms with Gasteiger partial charge in [0.05, 0.1) is 26.3 Å². The van der Waals surface area contributed by atoms with Crippen LogP contribution in [0.2, 0.25) is 0 Å². The largest absolute Gasteiger partial charge is 0.481 e. The third-order valence-corrected chi connectivity index (χ3v) is 3.63. The molecule has 2 atom stereocenters. The van der Waals surface area contributed by atoms with Crippen LogP contribution in [0.5, 0.6) is 11.8 Å². The number of carbonyl (C=O) groups is 1. The van der Waals surface area contributed by atoms with Crippen molar-refractivity contribution in [3.8, 4) is 11.8 Å². The van der Waals surface area contributed by atoms with E-state index < -0.39 is 0 Å². The maximum absolute atomic E-state index is 12.2. The smallest absolute Gasteiger partial charge is 0.290 e. The fourth-order valence-corrected chi connectivity index (χ4v) is 2.45. The molecule has 3 heterocycles. The Morgan fingerprint density at radius 3 is 2.78 bits per heavy atom. The summed E-state index contributed by atoms with van der Waals surface area (Å²) >= 11 is 0. The van der Waals surface area contributed by atoms with Crippen LogP contribution in [0, 0.1) is 0 Å². The van der Waals surface area contributed by atoms with Gasteiger partial charge in [0.1, 0.15) is 6.10 Å². The minimum absolute atomic E-state index is 0.0976. The first-order chi connectivity index (χ1) is 11.2. The third kappa shape index (κ3) is 3.26. The molecule has 2 aromatic rings. The first-order valence-corrected chi connectivity index (χ1v) is 7.14. The predicted octanol–water partition coefficient (Wildman–Crippen LogP) is 1.35. The number of hydrogen-bond donors (Lipinski definition) is 1. The number of nitrogens with one attached hydrogen (secondary N) is 1. The number of amides is 1. The van der Waals surface area contributed by atoms with Crippen LogP contribution in [-0.2, 0) is 4.74 Å². The molecule has 3 rings (SSSR count). The molecule has 0 aromatic carbocycles. The zero-order chi connectivity index (χ0) is 16.2. The number of rotatable bonds is 5. The molecule has 0 bridgehead atoms. The number of methoxy groups -OCH3 is 2. The molecule has 8 heteroatoms. The van der Waals surface area contributed by atoms with Crippen molar-refractivity contribution in [2.24, 2.45) is 0 Å². The van der Waals surface area contributed by atoms with Gasteiger partial charge in [0.2, 0.25) is 11.6 Å². The van der Waals surface area contributed by atoms with Crippen molar-refractivity contribution in [2.75, 3.05) is 20.8 Å². The lowest BCUT2D eigenvalue weighted by Crippen LogP contribution is -2.36. The molecule has 1 aliphatic rings. The van der Waals surface area contributed by atoms with Gasteiger partial charge in [-0.25, -0.2) is 4.98 Å². The maximum Gasteiger partial charge on any atom is 0.290 e. The Hall–Kier alpha value is -2.61. The first-order valence-electron chi connectivity index (χ1n) is 7.14. The van der Waals surface area contributed by atoms with Crippen LogP contribution in [0.25, 0.3) is 0 Å². The summed E-state index contributed by atoms with van der Waals surface area (Å²) in [5, 5.41) is 6.51. The summed E-state index contributed by atoms with van der Waals surface area (Å²) in [6.07, 6.45) is 2.13. The van der Waals surface area contributed by atoms with E-state index in [1.54, 1.807) is 19.4 Å². The summed E-state index contributed by atoms with van der Waals surface area (Å²) in [7, 11) is 3.01. The molecule has 0 radical (unpaired) electrons. The Kier molecular flexibility index (Phi) is 4.42. The van der Waals surface area contributed by atoms with E-state index >= 15 is 0 Å². The molecule has 122 valence electrons. The van der Waals surface area contributed by atoms with E-state index in [1.807, 2.05) is 6.07 Å². The molecular formula is C15H17N3O5. The Morgan fingerprint density at radius 2 is 2.13 bits per heavy atom. The van der Waals surface area contributed by atoms with Gasteiger partial charge in [-0.05, 0) is 17.6 Å². The summed E-state index contributed by atoms with van der Waals surface area (Å²) in [5.74, 6) is 0.526.